The summed E-state index contributed by atoms with van der Waals surface area (Å²) in [4.78, 5) is 10.5. The van der Waals surface area contributed by atoms with Crippen molar-refractivity contribution in [2.45, 2.75) is 6.80 Å². The van der Waals surface area contributed by atoms with Gasteiger partial charge >= 0.3 is 5.97 Å². The van der Waals surface area contributed by atoms with Gasteiger partial charge in [-0.1, -0.05) is 0 Å². The number of halogens is 1. The molecule has 1 aromatic rings. The maximum absolute atomic E-state index is 12.0. The number of ether oxygens (including phenoxy) is 1. The second-order valence-electron chi connectivity index (χ2n) is 2.02. The normalized spacial score (nSPS) is 9.83. The van der Waals surface area contributed by atoms with E-state index in [-0.39, 0.29) is 11.4 Å². The van der Waals surface area contributed by atoms with Gasteiger partial charge in [-0.3, -0.25) is 0 Å². The van der Waals surface area contributed by atoms with Crippen molar-refractivity contribution < 1.29 is 19.0 Å². The molecule has 0 unspecified atom stereocenters. The standard InChI is InChI=1S/C6H7FN2O3/c1-12-5-4(6(10)11)2-9(3-7)8-5/h2H,3H2,1H3,(H,10,11). The first-order valence-corrected chi connectivity index (χ1v) is 3.09. The van der Waals surface area contributed by atoms with E-state index in [0.717, 1.165) is 10.9 Å². The molecule has 0 bridgehead atoms. The molecule has 0 atom stereocenters. The summed E-state index contributed by atoms with van der Waals surface area (Å²) in [6.45, 7) is -0.871. The van der Waals surface area contributed by atoms with Gasteiger partial charge in [0, 0.05) is 6.20 Å². The molecular formula is C6H7FN2O3. The number of nitrogens with zero attached hydrogens (tertiary/aromatic N) is 2. The van der Waals surface area contributed by atoms with Crippen LogP contribution in [0.2, 0.25) is 0 Å². The molecule has 0 aromatic carbocycles. The third kappa shape index (κ3) is 1.36. The summed E-state index contributed by atoms with van der Waals surface area (Å²) in [5, 5.41) is 12.1. The molecule has 1 rings (SSSR count). The Morgan fingerprint density at radius 2 is 2.58 bits per heavy atom. The predicted octanol–water partition coefficient (Wildman–Crippen LogP) is 0.517. The largest absolute Gasteiger partial charge is 0.479 e. The highest BCUT2D eigenvalue weighted by molar-refractivity contribution is 5.89. The minimum absolute atomic E-state index is 0.0832. The summed E-state index contributed by atoms with van der Waals surface area (Å²) in [6.07, 6.45) is 1.07. The Bertz CT molecular complexity index is 297. The van der Waals surface area contributed by atoms with E-state index >= 15 is 0 Å². The van der Waals surface area contributed by atoms with Crippen molar-refractivity contribution in [3.05, 3.63) is 11.8 Å². The van der Waals surface area contributed by atoms with Gasteiger partial charge < -0.3 is 9.84 Å². The van der Waals surface area contributed by atoms with Crippen LogP contribution < -0.4 is 4.74 Å². The number of hydrogen-bond acceptors (Lipinski definition) is 3. The van der Waals surface area contributed by atoms with Gasteiger partial charge in [0.1, 0.15) is 5.56 Å². The van der Waals surface area contributed by atoms with E-state index in [1.165, 1.54) is 7.11 Å². The van der Waals surface area contributed by atoms with E-state index in [0.29, 0.717) is 0 Å². The molecule has 6 heteroatoms. The maximum atomic E-state index is 12.0. The molecule has 0 spiro atoms. The number of methoxy groups -OCH3 is 1. The smallest absolute Gasteiger partial charge is 0.342 e. The Morgan fingerprint density at radius 1 is 1.92 bits per heavy atom. The van der Waals surface area contributed by atoms with Crippen LogP contribution in [-0.4, -0.2) is 28.0 Å². The van der Waals surface area contributed by atoms with E-state index in [2.05, 4.69) is 9.84 Å². The topological polar surface area (TPSA) is 64.4 Å². The third-order valence-electron chi connectivity index (χ3n) is 1.27. The second-order valence-corrected chi connectivity index (χ2v) is 2.02. The highest BCUT2D eigenvalue weighted by Gasteiger charge is 2.15. The van der Waals surface area contributed by atoms with Crippen molar-refractivity contribution in [1.82, 2.24) is 9.78 Å². The van der Waals surface area contributed by atoms with Crippen LogP contribution >= 0.6 is 0 Å². The SMILES string of the molecule is COc1nn(CF)cc1C(=O)O. The van der Waals surface area contributed by atoms with Gasteiger partial charge in [-0.05, 0) is 0 Å². The van der Waals surface area contributed by atoms with Gasteiger partial charge in [-0.25, -0.2) is 13.9 Å². The number of aromatic carboxylic acids is 1. The van der Waals surface area contributed by atoms with Crippen LogP contribution in [0.4, 0.5) is 4.39 Å². The second kappa shape index (κ2) is 3.21. The molecule has 0 aliphatic heterocycles. The van der Waals surface area contributed by atoms with Gasteiger partial charge in [0.2, 0.25) is 5.88 Å². The lowest BCUT2D eigenvalue weighted by Crippen LogP contribution is -1.97. The predicted molar refractivity (Wildman–Crippen MR) is 36.8 cm³/mol. The van der Waals surface area contributed by atoms with Crippen LogP contribution in [-0.2, 0) is 6.80 Å². The van der Waals surface area contributed by atoms with Crippen molar-refractivity contribution in [3.63, 3.8) is 0 Å². The highest BCUT2D eigenvalue weighted by Crippen LogP contribution is 2.14. The first kappa shape index (κ1) is 8.51. The van der Waals surface area contributed by atoms with E-state index in [1.54, 1.807) is 0 Å². The Kier molecular flexibility index (Phi) is 2.27. The zero-order chi connectivity index (χ0) is 9.14. The van der Waals surface area contributed by atoms with Crippen molar-refractivity contribution in [1.29, 1.82) is 0 Å². The molecule has 0 aliphatic rings. The summed E-state index contributed by atoms with van der Waals surface area (Å²) in [5.41, 5.74) is -0.143. The molecule has 1 aromatic heterocycles. The van der Waals surface area contributed by atoms with Crippen LogP contribution in [0.5, 0.6) is 5.88 Å². The molecule has 66 valence electrons. The molecule has 0 saturated carbocycles. The van der Waals surface area contributed by atoms with Crippen molar-refractivity contribution in [2.24, 2.45) is 0 Å². The fourth-order valence-corrected chi connectivity index (χ4v) is 0.762. The average Bonchev–Trinajstić information content (AvgIpc) is 2.47. The molecule has 0 amide bonds. The lowest BCUT2D eigenvalue weighted by Gasteiger charge is -1.92. The van der Waals surface area contributed by atoms with E-state index in [1.807, 2.05) is 0 Å². The van der Waals surface area contributed by atoms with Gasteiger partial charge in [0.25, 0.3) is 0 Å². The van der Waals surface area contributed by atoms with Crippen molar-refractivity contribution in [2.75, 3.05) is 7.11 Å². The highest BCUT2D eigenvalue weighted by atomic mass is 19.1. The molecule has 0 aliphatic carbocycles. The molecule has 1 heterocycles. The van der Waals surface area contributed by atoms with E-state index < -0.39 is 12.8 Å². The van der Waals surface area contributed by atoms with Crippen LogP contribution in [0, 0.1) is 0 Å². The van der Waals surface area contributed by atoms with Crippen LogP contribution in [0.25, 0.3) is 0 Å². The summed E-state index contributed by atoms with van der Waals surface area (Å²) in [5.74, 6) is -1.27. The number of rotatable bonds is 3. The summed E-state index contributed by atoms with van der Waals surface area (Å²) in [6, 6.07) is 0. The Balaban J connectivity index is 3.08. The van der Waals surface area contributed by atoms with Crippen molar-refractivity contribution in [3.8, 4) is 5.88 Å². The first-order chi connectivity index (χ1) is 5.69. The van der Waals surface area contributed by atoms with Gasteiger partial charge in [-0.15, -0.1) is 5.10 Å². The van der Waals surface area contributed by atoms with E-state index in [4.69, 9.17) is 5.11 Å². The summed E-state index contributed by atoms with van der Waals surface area (Å²) < 4.78 is 17.4. The minimum Gasteiger partial charge on any atom is -0.479 e. The Morgan fingerprint density at radius 3 is 2.92 bits per heavy atom. The number of carboxylic acids is 1. The first-order valence-electron chi connectivity index (χ1n) is 3.09. The van der Waals surface area contributed by atoms with Crippen LogP contribution in [0.15, 0.2) is 6.20 Å². The minimum atomic E-state index is -1.19. The summed E-state index contributed by atoms with van der Waals surface area (Å²) in [7, 11) is 1.28. The van der Waals surface area contributed by atoms with Crippen molar-refractivity contribution >= 4 is 5.97 Å². The Hall–Kier alpha value is -1.59. The van der Waals surface area contributed by atoms with Crippen LogP contribution in [0.1, 0.15) is 10.4 Å². The fraction of sp³-hybridized carbons (Fsp3) is 0.333. The summed E-state index contributed by atoms with van der Waals surface area (Å²) >= 11 is 0. The van der Waals surface area contributed by atoms with E-state index in [9.17, 15) is 9.18 Å². The van der Waals surface area contributed by atoms with Gasteiger partial charge in [-0.2, -0.15) is 0 Å². The lowest BCUT2D eigenvalue weighted by atomic mass is 10.3. The van der Waals surface area contributed by atoms with Gasteiger partial charge in [0.15, 0.2) is 6.80 Å². The quantitative estimate of drug-likeness (QED) is 0.725. The lowest BCUT2D eigenvalue weighted by molar-refractivity contribution is 0.0693. The monoisotopic (exact) mass is 174 g/mol. The fourth-order valence-electron chi connectivity index (χ4n) is 0.762. The number of alkyl halides is 1. The number of carboxylic acid groups (broad SMARTS) is 1. The molecule has 12 heavy (non-hydrogen) atoms. The number of hydrogen-bond donors (Lipinski definition) is 1. The third-order valence-corrected chi connectivity index (χ3v) is 1.27. The molecule has 1 N–H and O–H groups in total. The zero-order valence-corrected chi connectivity index (χ0v) is 6.32. The maximum Gasteiger partial charge on any atom is 0.342 e. The van der Waals surface area contributed by atoms with Gasteiger partial charge in [0.05, 0.1) is 7.11 Å². The zero-order valence-electron chi connectivity index (χ0n) is 6.32. The average molecular weight is 174 g/mol. The Labute approximate surface area is 67.4 Å². The number of aromatic nitrogens is 2. The molecule has 5 nitrogen and oxygen atoms in total. The molecule has 0 radical (unpaired) electrons. The van der Waals surface area contributed by atoms with Crippen LogP contribution in [0.3, 0.4) is 0 Å². The molecule has 0 fully saturated rings. The number of carbonyl (C=O) groups is 1. The molecule has 0 saturated heterocycles. The molecular weight excluding hydrogens is 167 g/mol.